The second kappa shape index (κ2) is 10.2. The van der Waals surface area contributed by atoms with Gasteiger partial charge in [0.25, 0.3) is 0 Å². The number of hydrogen-bond donors (Lipinski definition) is 2. The number of unbranched alkanes of at least 4 members (excludes halogenated alkanes) is 3. The van der Waals surface area contributed by atoms with Crippen molar-refractivity contribution in [2.24, 2.45) is 0 Å². The molecular formula is C17H28O6. The molecule has 0 saturated carbocycles. The van der Waals surface area contributed by atoms with E-state index in [2.05, 4.69) is 13.2 Å². The Morgan fingerprint density at radius 1 is 1.04 bits per heavy atom. The number of hydrogen-bond acceptors (Lipinski definition) is 6. The highest BCUT2D eigenvalue weighted by atomic mass is 16.7. The molecule has 0 bridgehead atoms. The molecule has 0 radical (unpaired) electrons. The van der Waals surface area contributed by atoms with Crippen LogP contribution in [0.5, 0.6) is 0 Å². The summed E-state index contributed by atoms with van der Waals surface area (Å²) in [4.78, 5) is 23.4. The average Bonchev–Trinajstić information content (AvgIpc) is 2.44. The van der Waals surface area contributed by atoms with E-state index in [0.29, 0.717) is 19.3 Å². The van der Waals surface area contributed by atoms with E-state index in [1.165, 1.54) is 20.8 Å². The second-order valence-electron chi connectivity index (χ2n) is 5.83. The van der Waals surface area contributed by atoms with Crippen molar-refractivity contribution in [2.75, 3.05) is 6.61 Å². The molecule has 0 fully saturated rings. The fourth-order valence-electron chi connectivity index (χ4n) is 1.80. The quantitative estimate of drug-likeness (QED) is 0.261. The van der Waals surface area contributed by atoms with Crippen LogP contribution in [0.1, 0.15) is 52.9 Å². The maximum Gasteiger partial charge on any atom is 0.335 e. The lowest BCUT2D eigenvalue weighted by atomic mass is 10.0. The van der Waals surface area contributed by atoms with E-state index in [0.717, 1.165) is 12.8 Å². The molecule has 6 heteroatoms. The Bertz CT molecular complexity index is 438. The molecule has 0 aromatic heterocycles. The van der Waals surface area contributed by atoms with Gasteiger partial charge in [-0.05, 0) is 33.1 Å². The summed E-state index contributed by atoms with van der Waals surface area (Å²) in [6.07, 6.45) is 2.27. The van der Waals surface area contributed by atoms with Crippen LogP contribution in [0.2, 0.25) is 0 Å². The monoisotopic (exact) mass is 328 g/mol. The molecule has 2 atom stereocenters. The summed E-state index contributed by atoms with van der Waals surface area (Å²) in [5.74, 6) is -3.37. The highest BCUT2D eigenvalue weighted by Gasteiger charge is 2.38. The largest absolute Gasteiger partial charge is 0.452 e. The Morgan fingerprint density at radius 3 is 2.04 bits per heavy atom. The highest BCUT2D eigenvalue weighted by molar-refractivity contribution is 5.88. The lowest BCUT2D eigenvalue weighted by molar-refractivity contribution is -0.243. The SMILES string of the molecule is C=C(C)C(=O)OC(CCCCCCO)C(C)(O)OC(=O)C(=C)C. The van der Waals surface area contributed by atoms with Crippen LogP contribution in [-0.2, 0) is 19.1 Å². The van der Waals surface area contributed by atoms with Gasteiger partial charge in [-0.1, -0.05) is 26.0 Å². The molecule has 0 rings (SSSR count). The van der Waals surface area contributed by atoms with Crippen molar-refractivity contribution in [2.45, 2.75) is 64.8 Å². The smallest absolute Gasteiger partial charge is 0.335 e. The summed E-state index contributed by atoms with van der Waals surface area (Å²) in [6.45, 7) is 11.3. The first-order valence-corrected chi connectivity index (χ1v) is 7.70. The van der Waals surface area contributed by atoms with Gasteiger partial charge in [0.05, 0.1) is 0 Å². The normalized spacial score (nSPS) is 14.5. The number of rotatable bonds is 11. The fourth-order valence-corrected chi connectivity index (χ4v) is 1.80. The molecule has 0 spiro atoms. The summed E-state index contributed by atoms with van der Waals surface area (Å²) in [5.41, 5.74) is 0.329. The van der Waals surface area contributed by atoms with Crippen molar-refractivity contribution >= 4 is 11.9 Å². The van der Waals surface area contributed by atoms with Gasteiger partial charge in [-0.3, -0.25) is 0 Å². The number of ether oxygens (including phenoxy) is 2. The van der Waals surface area contributed by atoms with Crippen molar-refractivity contribution in [1.82, 2.24) is 0 Å². The Morgan fingerprint density at radius 2 is 1.57 bits per heavy atom. The Labute approximate surface area is 137 Å². The van der Waals surface area contributed by atoms with Crippen LogP contribution >= 0.6 is 0 Å². The maximum absolute atomic E-state index is 11.7. The standard InChI is InChI=1S/C17H28O6/c1-12(2)15(19)22-14(10-8-6-7-9-11-18)17(5,21)23-16(20)13(3)4/h14,18,21H,1,3,6-11H2,2,4-5H3. The third kappa shape index (κ3) is 8.52. The molecular weight excluding hydrogens is 300 g/mol. The summed E-state index contributed by atoms with van der Waals surface area (Å²) >= 11 is 0. The van der Waals surface area contributed by atoms with Crippen LogP contribution in [0.25, 0.3) is 0 Å². The first-order valence-electron chi connectivity index (χ1n) is 7.70. The Hall–Kier alpha value is -1.66. The third-order valence-electron chi connectivity index (χ3n) is 3.22. The van der Waals surface area contributed by atoms with Crippen LogP contribution in [0, 0.1) is 0 Å². The minimum Gasteiger partial charge on any atom is -0.452 e. The second-order valence-corrected chi connectivity index (χ2v) is 5.83. The topological polar surface area (TPSA) is 93.1 Å². The first kappa shape index (κ1) is 21.3. The molecule has 132 valence electrons. The van der Waals surface area contributed by atoms with Crippen LogP contribution in [0.15, 0.2) is 24.3 Å². The van der Waals surface area contributed by atoms with Crippen molar-refractivity contribution in [3.63, 3.8) is 0 Å². The average molecular weight is 328 g/mol. The van der Waals surface area contributed by atoms with Crippen molar-refractivity contribution in [3.05, 3.63) is 24.3 Å². The predicted molar refractivity (Wildman–Crippen MR) is 86.4 cm³/mol. The number of esters is 2. The predicted octanol–water partition coefficient (Wildman–Crippen LogP) is 2.24. The molecule has 2 N–H and O–H groups in total. The van der Waals surface area contributed by atoms with Crippen LogP contribution in [0.4, 0.5) is 0 Å². The number of carbonyl (C=O) groups is 2. The zero-order valence-electron chi connectivity index (χ0n) is 14.3. The molecule has 0 aromatic rings. The van der Waals surface area contributed by atoms with Crippen molar-refractivity contribution < 1.29 is 29.3 Å². The molecule has 0 aromatic carbocycles. The summed E-state index contributed by atoms with van der Waals surface area (Å²) in [7, 11) is 0. The minimum absolute atomic E-state index is 0.127. The van der Waals surface area contributed by atoms with Crippen LogP contribution < -0.4 is 0 Å². The molecule has 6 nitrogen and oxygen atoms in total. The van der Waals surface area contributed by atoms with E-state index < -0.39 is 23.8 Å². The lowest BCUT2D eigenvalue weighted by Crippen LogP contribution is -2.46. The molecule has 0 aliphatic rings. The minimum atomic E-state index is -1.96. The number of carbonyl (C=O) groups excluding carboxylic acids is 2. The van der Waals surface area contributed by atoms with Crippen molar-refractivity contribution in [3.8, 4) is 0 Å². The van der Waals surface area contributed by atoms with E-state index in [9.17, 15) is 14.7 Å². The Balaban J connectivity index is 4.85. The van der Waals surface area contributed by atoms with Crippen LogP contribution in [0.3, 0.4) is 0 Å². The van der Waals surface area contributed by atoms with Gasteiger partial charge in [-0.2, -0.15) is 0 Å². The molecule has 0 heterocycles. The van der Waals surface area contributed by atoms with Crippen molar-refractivity contribution in [1.29, 1.82) is 0 Å². The number of aliphatic hydroxyl groups excluding tert-OH is 1. The zero-order valence-corrected chi connectivity index (χ0v) is 14.3. The zero-order chi connectivity index (χ0) is 18.0. The third-order valence-corrected chi connectivity index (χ3v) is 3.22. The Kier molecular flexibility index (Phi) is 9.44. The molecule has 0 saturated heterocycles. The van der Waals surface area contributed by atoms with Gasteiger partial charge in [0.15, 0.2) is 6.10 Å². The van der Waals surface area contributed by atoms with Gasteiger partial charge in [-0.15, -0.1) is 0 Å². The fraction of sp³-hybridized carbons (Fsp3) is 0.647. The highest BCUT2D eigenvalue weighted by Crippen LogP contribution is 2.23. The molecule has 0 aliphatic heterocycles. The van der Waals surface area contributed by atoms with Gasteiger partial charge < -0.3 is 19.7 Å². The molecule has 0 amide bonds. The summed E-state index contributed by atoms with van der Waals surface area (Å²) in [5, 5.41) is 19.1. The molecule has 23 heavy (non-hydrogen) atoms. The van der Waals surface area contributed by atoms with E-state index in [1.54, 1.807) is 0 Å². The van der Waals surface area contributed by atoms with Gasteiger partial charge in [0.1, 0.15) is 0 Å². The van der Waals surface area contributed by atoms with Gasteiger partial charge >= 0.3 is 11.9 Å². The summed E-state index contributed by atoms with van der Waals surface area (Å²) < 4.78 is 10.2. The molecule has 0 aliphatic carbocycles. The van der Waals surface area contributed by atoms with Gasteiger partial charge in [-0.25, -0.2) is 9.59 Å². The van der Waals surface area contributed by atoms with Gasteiger partial charge in [0, 0.05) is 24.7 Å². The van der Waals surface area contributed by atoms with E-state index in [1.807, 2.05) is 0 Å². The lowest BCUT2D eigenvalue weighted by Gasteiger charge is -2.32. The van der Waals surface area contributed by atoms with E-state index in [4.69, 9.17) is 14.6 Å². The van der Waals surface area contributed by atoms with Crippen LogP contribution in [-0.4, -0.2) is 40.6 Å². The number of aliphatic hydroxyl groups is 2. The molecule has 2 unspecified atom stereocenters. The maximum atomic E-state index is 11.7. The van der Waals surface area contributed by atoms with E-state index in [-0.39, 0.29) is 17.8 Å². The first-order chi connectivity index (χ1) is 10.6. The summed E-state index contributed by atoms with van der Waals surface area (Å²) in [6, 6.07) is 0. The van der Waals surface area contributed by atoms with Gasteiger partial charge in [0.2, 0.25) is 5.79 Å². The van der Waals surface area contributed by atoms with E-state index >= 15 is 0 Å².